The van der Waals surface area contributed by atoms with E-state index in [1.807, 2.05) is 41.3 Å². The van der Waals surface area contributed by atoms with Crippen LogP contribution in [0.25, 0.3) is 11.0 Å². The number of para-hydroxylation sites is 2. The highest BCUT2D eigenvalue weighted by molar-refractivity contribution is 5.80. The fourth-order valence-corrected chi connectivity index (χ4v) is 4.71. The topological polar surface area (TPSA) is 80.4 Å². The zero-order valence-electron chi connectivity index (χ0n) is 19.9. The second kappa shape index (κ2) is 10.2. The molecule has 0 aliphatic carbocycles. The first-order chi connectivity index (χ1) is 17.1. The molecule has 1 amide bonds. The van der Waals surface area contributed by atoms with E-state index in [2.05, 4.69) is 36.5 Å². The largest absolute Gasteiger partial charge is 0.469 e. The van der Waals surface area contributed by atoms with Crippen LogP contribution in [-0.2, 0) is 17.8 Å². The van der Waals surface area contributed by atoms with Crippen LogP contribution in [0.2, 0.25) is 0 Å². The summed E-state index contributed by atoms with van der Waals surface area (Å²) >= 11 is 0. The number of hydrogen-bond donors (Lipinski definition) is 1. The summed E-state index contributed by atoms with van der Waals surface area (Å²) in [5.74, 6) is 1.11. The number of piperidine rings is 1. The van der Waals surface area contributed by atoms with Gasteiger partial charge < -0.3 is 14.6 Å². The van der Waals surface area contributed by atoms with Gasteiger partial charge in [-0.3, -0.25) is 14.2 Å². The van der Waals surface area contributed by atoms with Gasteiger partial charge in [-0.25, -0.2) is 4.98 Å². The number of furan rings is 1. The van der Waals surface area contributed by atoms with E-state index in [0.29, 0.717) is 38.4 Å². The van der Waals surface area contributed by atoms with E-state index in [0.717, 1.165) is 35.2 Å². The molecular formula is C28H30N4O3. The van der Waals surface area contributed by atoms with Crippen LogP contribution in [0.1, 0.15) is 29.7 Å². The molecule has 2 aromatic carbocycles. The maximum atomic E-state index is 13.7. The monoisotopic (exact) mass is 470 g/mol. The zero-order valence-corrected chi connectivity index (χ0v) is 19.9. The van der Waals surface area contributed by atoms with Gasteiger partial charge in [-0.2, -0.15) is 0 Å². The van der Waals surface area contributed by atoms with Crippen LogP contribution in [-0.4, -0.2) is 35.1 Å². The Morgan fingerprint density at radius 3 is 2.74 bits per heavy atom. The predicted molar refractivity (Wildman–Crippen MR) is 137 cm³/mol. The SMILES string of the molecule is Cc1ccc(Cn2c(=O)c(N3CCC[C@@H](C(=O)NCCc4ccco4)C3)nc3ccccc32)cc1. The number of anilines is 1. The van der Waals surface area contributed by atoms with Crippen LogP contribution < -0.4 is 15.8 Å². The van der Waals surface area contributed by atoms with Crippen molar-refractivity contribution in [2.45, 2.75) is 32.7 Å². The van der Waals surface area contributed by atoms with Crippen molar-refractivity contribution in [1.82, 2.24) is 14.9 Å². The van der Waals surface area contributed by atoms with Gasteiger partial charge in [-0.1, -0.05) is 42.0 Å². The quantitative estimate of drug-likeness (QED) is 0.443. The lowest BCUT2D eigenvalue weighted by atomic mass is 9.97. The van der Waals surface area contributed by atoms with E-state index >= 15 is 0 Å². The molecule has 0 bridgehead atoms. The summed E-state index contributed by atoms with van der Waals surface area (Å²) in [6.45, 7) is 4.24. The molecule has 0 unspecified atom stereocenters. The highest BCUT2D eigenvalue weighted by Crippen LogP contribution is 2.22. The minimum atomic E-state index is -0.182. The molecule has 1 N–H and O–H groups in total. The third-order valence-corrected chi connectivity index (χ3v) is 6.64. The number of carbonyl (C=O) groups is 1. The van der Waals surface area contributed by atoms with Crippen LogP contribution in [0.15, 0.2) is 76.1 Å². The van der Waals surface area contributed by atoms with E-state index in [-0.39, 0.29) is 17.4 Å². The fraction of sp³-hybridized carbons (Fsp3) is 0.321. The van der Waals surface area contributed by atoms with Gasteiger partial charge in [0.1, 0.15) is 5.76 Å². The van der Waals surface area contributed by atoms with Gasteiger partial charge in [0.15, 0.2) is 5.82 Å². The maximum absolute atomic E-state index is 13.7. The van der Waals surface area contributed by atoms with Crippen molar-refractivity contribution in [3.05, 3.63) is 94.2 Å². The molecule has 4 aromatic rings. The molecule has 3 heterocycles. The highest BCUT2D eigenvalue weighted by atomic mass is 16.3. The van der Waals surface area contributed by atoms with E-state index in [9.17, 15) is 9.59 Å². The molecule has 2 aromatic heterocycles. The molecule has 1 aliphatic heterocycles. The van der Waals surface area contributed by atoms with E-state index in [4.69, 9.17) is 9.40 Å². The molecule has 1 atom stereocenters. The Labute approximate surface area is 204 Å². The molecule has 0 spiro atoms. The summed E-state index contributed by atoms with van der Waals surface area (Å²) in [6.07, 6.45) is 3.93. The van der Waals surface area contributed by atoms with Gasteiger partial charge in [0.05, 0.1) is 29.8 Å². The van der Waals surface area contributed by atoms with Gasteiger partial charge in [0, 0.05) is 26.1 Å². The molecule has 7 heteroatoms. The number of amides is 1. The molecule has 1 fully saturated rings. The minimum Gasteiger partial charge on any atom is -0.469 e. The Balaban J connectivity index is 1.37. The average Bonchev–Trinajstić information content (AvgIpc) is 3.40. The Bertz CT molecular complexity index is 1360. The number of rotatable bonds is 7. The van der Waals surface area contributed by atoms with Crippen molar-refractivity contribution in [3.63, 3.8) is 0 Å². The Morgan fingerprint density at radius 2 is 1.94 bits per heavy atom. The van der Waals surface area contributed by atoms with Crippen molar-refractivity contribution < 1.29 is 9.21 Å². The summed E-state index contributed by atoms with van der Waals surface area (Å²) in [5, 5.41) is 3.03. The van der Waals surface area contributed by atoms with Gasteiger partial charge in [-0.05, 0) is 49.6 Å². The normalized spacial score (nSPS) is 15.9. The summed E-state index contributed by atoms with van der Waals surface area (Å²) in [7, 11) is 0. The fourth-order valence-electron chi connectivity index (χ4n) is 4.71. The third kappa shape index (κ3) is 5.14. The van der Waals surface area contributed by atoms with E-state index in [1.165, 1.54) is 5.56 Å². The smallest absolute Gasteiger partial charge is 0.294 e. The minimum absolute atomic E-state index is 0.0158. The number of nitrogens with one attached hydrogen (secondary N) is 1. The third-order valence-electron chi connectivity index (χ3n) is 6.64. The van der Waals surface area contributed by atoms with E-state index < -0.39 is 0 Å². The van der Waals surface area contributed by atoms with Crippen LogP contribution in [0, 0.1) is 12.8 Å². The maximum Gasteiger partial charge on any atom is 0.294 e. The van der Waals surface area contributed by atoms with Crippen LogP contribution in [0.4, 0.5) is 5.82 Å². The van der Waals surface area contributed by atoms with Crippen LogP contribution in [0.3, 0.4) is 0 Å². The van der Waals surface area contributed by atoms with Crippen molar-refractivity contribution in [2.24, 2.45) is 5.92 Å². The standard InChI is InChI=1S/C28H30N4O3/c1-20-10-12-21(13-11-20)18-32-25-9-3-2-8-24(25)30-26(28(32)34)31-16-4-6-22(19-31)27(33)29-15-14-23-7-5-17-35-23/h2-3,5,7-13,17,22H,4,6,14-16,18-19H2,1H3,(H,29,33)/t22-/m1/s1. The summed E-state index contributed by atoms with van der Waals surface area (Å²) in [6, 6.07) is 19.7. The molecule has 1 saturated heterocycles. The number of benzene rings is 2. The first kappa shape index (κ1) is 22.9. The molecule has 5 rings (SSSR count). The summed E-state index contributed by atoms with van der Waals surface area (Å²) in [4.78, 5) is 33.3. The molecular weight excluding hydrogens is 440 g/mol. The molecule has 7 nitrogen and oxygen atoms in total. The number of fused-ring (bicyclic) bond motifs is 1. The second-order valence-electron chi connectivity index (χ2n) is 9.21. The number of aryl methyl sites for hydroxylation is 1. The number of nitrogens with zero attached hydrogens (tertiary/aromatic N) is 3. The van der Waals surface area contributed by atoms with Crippen molar-refractivity contribution in [3.8, 4) is 0 Å². The first-order valence-electron chi connectivity index (χ1n) is 12.2. The van der Waals surface area contributed by atoms with Crippen molar-refractivity contribution >= 4 is 22.8 Å². The summed E-state index contributed by atoms with van der Waals surface area (Å²) < 4.78 is 7.14. The van der Waals surface area contributed by atoms with Crippen LogP contribution >= 0.6 is 0 Å². The predicted octanol–water partition coefficient (Wildman–Crippen LogP) is 3.92. The number of carbonyl (C=O) groups excluding carboxylic acids is 1. The Hall–Kier alpha value is -3.87. The second-order valence-corrected chi connectivity index (χ2v) is 9.21. The molecule has 0 saturated carbocycles. The summed E-state index contributed by atoms with van der Waals surface area (Å²) in [5.41, 5.74) is 3.71. The highest BCUT2D eigenvalue weighted by Gasteiger charge is 2.28. The number of aromatic nitrogens is 2. The van der Waals surface area contributed by atoms with Gasteiger partial charge in [0.25, 0.3) is 5.56 Å². The van der Waals surface area contributed by atoms with Gasteiger partial charge in [-0.15, -0.1) is 0 Å². The number of hydrogen-bond acceptors (Lipinski definition) is 5. The molecule has 180 valence electrons. The molecule has 1 aliphatic rings. The van der Waals surface area contributed by atoms with E-state index in [1.54, 1.807) is 10.8 Å². The first-order valence-corrected chi connectivity index (χ1v) is 12.2. The van der Waals surface area contributed by atoms with Crippen LogP contribution in [0.5, 0.6) is 0 Å². The Morgan fingerprint density at radius 1 is 1.11 bits per heavy atom. The zero-order chi connectivity index (χ0) is 24.2. The van der Waals surface area contributed by atoms with Gasteiger partial charge >= 0.3 is 0 Å². The molecule has 35 heavy (non-hydrogen) atoms. The van der Waals surface area contributed by atoms with Crippen molar-refractivity contribution in [1.29, 1.82) is 0 Å². The van der Waals surface area contributed by atoms with Gasteiger partial charge in [0.2, 0.25) is 5.91 Å². The average molecular weight is 471 g/mol. The lowest BCUT2D eigenvalue weighted by Gasteiger charge is -2.32. The Kier molecular flexibility index (Phi) is 6.66. The lowest BCUT2D eigenvalue weighted by Crippen LogP contribution is -2.46. The van der Waals surface area contributed by atoms with Crippen molar-refractivity contribution in [2.75, 3.05) is 24.5 Å². The molecule has 0 radical (unpaired) electrons. The lowest BCUT2D eigenvalue weighted by molar-refractivity contribution is -0.125.